The smallest absolute Gasteiger partial charge is 0.157 e. The van der Waals surface area contributed by atoms with Crippen molar-refractivity contribution in [2.45, 2.75) is 30.4 Å². The molecule has 2 N–H and O–H groups in total. The Balaban J connectivity index is 2.31. The molecule has 1 aliphatic rings. The Bertz CT molecular complexity index is 469. The predicted octanol–water partition coefficient (Wildman–Crippen LogP) is 1.53. The van der Waals surface area contributed by atoms with Gasteiger partial charge in [-0.15, -0.1) is 0 Å². The summed E-state index contributed by atoms with van der Waals surface area (Å²) in [6.45, 7) is 0.226. The fourth-order valence-corrected chi connectivity index (χ4v) is 4.69. The molecule has 1 fully saturated rings. The number of nitrogens with two attached hydrogens (primary N) is 1. The van der Waals surface area contributed by atoms with E-state index >= 15 is 0 Å². The van der Waals surface area contributed by atoms with Crippen LogP contribution in [0.4, 0.5) is 0 Å². The predicted molar refractivity (Wildman–Crippen MR) is 69.6 cm³/mol. The zero-order valence-electron chi connectivity index (χ0n) is 9.93. The van der Waals surface area contributed by atoms with Crippen molar-refractivity contribution in [2.75, 3.05) is 12.3 Å². The summed E-state index contributed by atoms with van der Waals surface area (Å²) in [5.74, 6) is 0.289. The fourth-order valence-electron chi connectivity index (χ4n) is 2.58. The molecule has 17 heavy (non-hydrogen) atoms. The van der Waals surface area contributed by atoms with Crippen LogP contribution in [0.25, 0.3) is 0 Å². The van der Waals surface area contributed by atoms with E-state index in [1.807, 2.05) is 30.3 Å². The van der Waals surface area contributed by atoms with Gasteiger partial charge in [0.2, 0.25) is 0 Å². The SMILES string of the molecule is NCC1(Cc2ccccc2)CCCCS1(=O)=O. The van der Waals surface area contributed by atoms with Crippen LogP contribution in [0.3, 0.4) is 0 Å². The minimum Gasteiger partial charge on any atom is -0.329 e. The topological polar surface area (TPSA) is 60.2 Å². The molecular formula is C13H19NO2S. The minimum atomic E-state index is -3.06. The summed E-state index contributed by atoms with van der Waals surface area (Å²) >= 11 is 0. The van der Waals surface area contributed by atoms with Crippen molar-refractivity contribution in [3.8, 4) is 0 Å². The van der Waals surface area contributed by atoms with Crippen molar-refractivity contribution < 1.29 is 8.42 Å². The summed E-state index contributed by atoms with van der Waals surface area (Å²) in [7, 11) is -3.06. The van der Waals surface area contributed by atoms with Crippen LogP contribution in [0.5, 0.6) is 0 Å². The summed E-state index contributed by atoms with van der Waals surface area (Å²) in [5.41, 5.74) is 6.84. The number of hydrogen-bond acceptors (Lipinski definition) is 3. The van der Waals surface area contributed by atoms with E-state index in [4.69, 9.17) is 5.73 Å². The third kappa shape index (κ3) is 2.38. The average molecular weight is 253 g/mol. The molecule has 0 spiro atoms. The van der Waals surface area contributed by atoms with Gasteiger partial charge in [-0.1, -0.05) is 36.8 Å². The Labute approximate surface area is 103 Å². The summed E-state index contributed by atoms with van der Waals surface area (Å²) in [6.07, 6.45) is 2.98. The van der Waals surface area contributed by atoms with E-state index in [1.54, 1.807) is 0 Å². The van der Waals surface area contributed by atoms with Crippen molar-refractivity contribution in [1.29, 1.82) is 0 Å². The summed E-state index contributed by atoms with van der Waals surface area (Å²) in [5, 5.41) is 0. The third-order valence-corrected chi connectivity index (χ3v) is 6.36. The normalized spacial score (nSPS) is 27.8. The molecule has 1 aromatic carbocycles. The maximum atomic E-state index is 12.3. The highest BCUT2D eigenvalue weighted by Crippen LogP contribution is 2.33. The molecule has 1 aliphatic heterocycles. The van der Waals surface area contributed by atoms with Gasteiger partial charge in [0.25, 0.3) is 0 Å². The lowest BCUT2D eigenvalue weighted by molar-refractivity contribution is 0.443. The minimum absolute atomic E-state index is 0.226. The molecule has 0 radical (unpaired) electrons. The van der Waals surface area contributed by atoms with Gasteiger partial charge >= 0.3 is 0 Å². The Morgan fingerprint density at radius 3 is 2.47 bits per heavy atom. The van der Waals surface area contributed by atoms with Gasteiger partial charge in [0.05, 0.1) is 10.5 Å². The van der Waals surface area contributed by atoms with Gasteiger partial charge in [0.1, 0.15) is 0 Å². The molecule has 1 aromatic rings. The highest BCUT2D eigenvalue weighted by atomic mass is 32.2. The molecule has 4 heteroatoms. The Morgan fingerprint density at radius 2 is 1.88 bits per heavy atom. The van der Waals surface area contributed by atoms with Crippen molar-refractivity contribution in [3.63, 3.8) is 0 Å². The van der Waals surface area contributed by atoms with Crippen LogP contribution in [0, 0.1) is 0 Å². The van der Waals surface area contributed by atoms with Crippen LogP contribution in [0.1, 0.15) is 24.8 Å². The molecule has 0 saturated carbocycles. The second-order valence-corrected chi connectivity index (χ2v) is 7.33. The first-order valence-electron chi connectivity index (χ1n) is 6.06. The molecular weight excluding hydrogens is 234 g/mol. The molecule has 2 rings (SSSR count). The molecule has 0 bridgehead atoms. The zero-order valence-corrected chi connectivity index (χ0v) is 10.7. The van der Waals surface area contributed by atoms with Crippen molar-refractivity contribution >= 4 is 9.84 Å². The van der Waals surface area contributed by atoms with Crippen LogP contribution >= 0.6 is 0 Å². The van der Waals surface area contributed by atoms with Gasteiger partial charge in [0.15, 0.2) is 9.84 Å². The molecule has 0 aromatic heterocycles. The standard InChI is InChI=1S/C13H19NO2S/c14-11-13(8-4-5-9-17(13,15)16)10-12-6-2-1-3-7-12/h1-3,6-7H,4-5,8-11,14H2. The average Bonchev–Trinajstić information content (AvgIpc) is 2.33. The van der Waals surface area contributed by atoms with Gasteiger partial charge in [0, 0.05) is 6.54 Å². The first kappa shape index (κ1) is 12.6. The maximum absolute atomic E-state index is 12.3. The monoisotopic (exact) mass is 253 g/mol. The van der Waals surface area contributed by atoms with E-state index in [1.165, 1.54) is 0 Å². The molecule has 1 atom stereocenters. The Hall–Kier alpha value is -0.870. The summed E-state index contributed by atoms with van der Waals surface area (Å²) in [6, 6.07) is 9.76. The van der Waals surface area contributed by atoms with Gasteiger partial charge in [-0.2, -0.15) is 0 Å². The lowest BCUT2D eigenvalue weighted by Gasteiger charge is -2.35. The van der Waals surface area contributed by atoms with Gasteiger partial charge in [-0.05, 0) is 24.8 Å². The lowest BCUT2D eigenvalue weighted by Crippen LogP contribution is -2.50. The van der Waals surface area contributed by atoms with E-state index in [9.17, 15) is 8.42 Å². The van der Waals surface area contributed by atoms with Crippen molar-refractivity contribution in [3.05, 3.63) is 35.9 Å². The molecule has 3 nitrogen and oxygen atoms in total. The van der Waals surface area contributed by atoms with E-state index in [0.29, 0.717) is 12.8 Å². The molecule has 1 heterocycles. The van der Waals surface area contributed by atoms with E-state index < -0.39 is 14.6 Å². The van der Waals surface area contributed by atoms with Crippen molar-refractivity contribution in [1.82, 2.24) is 0 Å². The van der Waals surface area contributed by atoms with Crippen LogP contribution in [0.15, 0.2) is 30.3 Å². The van der Waals surface area contributed by atoms with Crippen LogP contribution in [-0.4, -0.2) is 25.5 Å². The Kier molecular flexibility index (Phi) is 3.54. The quantitative estimate of drug-likeness (QED) is 0.888. The third-order valence-electron chi connectivity index (χ3n) is 3.70. The Morgan fingerprint density at radius 1 is 1.18 bits per heavy atom. The number of sulfone groups is 1. The molecule has 94 valence electrons. The van der Waals surface area contributed by atoms with Crippen molar-refractivity contribution in [2.24, 2.45) is 5.73 Å². The summed E-state index contributed by atoms with van der Waals surface area (Å²) < 4.78 is 23.8. The lowest BCUT2D eigenvalue weighted by atomic mass is 9.93. The molecule has 0 aliphatic carbocycles. The van der Waals surface area contributed by atoms with Crippen LogP contribution < -0.4 is 5.73 Å². The second-order valence-electron chi connectivity index (χ2n) is 4.83. The number of hydrogen-bond donors (Lipinski definition) is 1. The molecule has 1 saturated heterocycles. The number of rotatable bonds is 3. The van der Waals surface area contributed by atoms with E-state index in [-0.39, 0.29) is 12.3 Å². The maximum Gasteiger partial charge on any atom is 0.157 e. The zero-order chi connectivity index (χ0) is 12.4. The highest BCUT2D eigenvalue weighted by Gasteiger charge is 2.44. The first-order valence-corrected chi connectivity index (χ1v) is 7.71. The van der Waals surface area contributed by atoms with E-state index in [2.05, 4.69) is 0 Å². The molecule has 0 amide bonds. The number of benzene rings is 1. The van der Waals surface area contributed by atoms with Crippen LogP contribution in [-0.2, 0) is 16.3 Å². The largest absolute Gasteiger partial charge is 0.329 e. The van der Waals surface area contributed by atoms with E-state index in [0.717, 1.165) is 18.4 Å². The van der Waals surface area contributed by atoms with Gasteiger partial charge in [-0.25, -0.2) is 8.42 Å². The fraction of sp³-hybridized carbons (Fsp3) is 0.538. The first-order chi connectivity index (χ1) is 8.10. The van der Waals surface area contributed by atoms with Gasteiger partial charge < -0.3 is 5.73 Å². The summed E-state index contributed by atoms with van der Waals surface area (Å²) in [4.78, 5) is 0. The highest BCUT2D eigenvalue weighted by molar-refractivity contribution is 7.92. The van der Waals surface area contributed by atoms with Gasteiger partial charge in [-0.3, -0.25) is 0 Å². The second kappa shape index (κ2) is 4.78. The van der Waals surface area contributed by atoms with Crippen LogP contribution in [0.2, 0.25) is 0 Å². The molecule has 1 unspecified atom stereocenters.